The van der Waals surface area contributed by atoms with Crippen molar-refractivity contribution in [3.05, 3.63) is 12.2 Å². The monoisotopic (exact) mass is 168 g/mol. The fourth-order valence-corrected chi connectivity index (χ4v) is 1.61. The van der Waals surface area contributed by atoms with Gasteiger partial charge in [0.15, 0.2) is 0 Å². The van der Waals surface area contributed by atoms with Gasteiger partial charge in [0.1, 0.15) is 0 Å². The van der Waals surface area contributed by atoms with Crippen LogP contribution in [-0.4, -0.2) is 0 Å². The number of allylic oxidation sites excluding steroid dienone is 1. The molecule has 0 saturated carbocycles. The molecular formula is C12H24. The summed E-state index contributed by atoms with van der Waals surface area (Å²) in [5, 5.41) is 0. The van der Waals surface area contributed by atoms with E-state index in [1.54, 1.807) is 0 Å². The quantitative estimate of drug-likeness (QED) is 0.545. The third kappa shape index (κ3) is 4.58. The van der Waals surface area contributed by atoms with Crippen LogP contribution in [0.25, 0.3) is 0 Å². The highest BCUT2D eigenvalue weighted by Crippen LogP contribution is 2.34. The van der Waals surface area contributed by atoms with Gasteiger partial charge in [-0.25, -0.2) is 0 Å². The molecule has 0 bridgehead atoms. The van der Waals surface area contributed by atoms with Gasteiger partial charge in [-0.3, -0.25) is 0 Å². The van der Waals surface area contributed by atoms with Crippen molar-refractivity contribution in [2.45, 2.75) is 53.9 Å². The Morgan fingerprint density at radius 3 is 2.08 bits per heavy atom. The van der Waals surface area contributed by atoms with E-state index in [2.05, 4.69) is 41.2 Å². The maximum atomic E-state index is 3.99. The van der Waals surface area contributed by atoms with Gasteiger partial charge in [0.2, 0.25) is 0 Å². The standard InChI is InChI=1S/C12H24/c1-7-8-11(9-10(2)3)12(4,5)6/h11H,2,7-9H2,1,3-6H3. The molecule has 0 saturated heterocycles. The SMILES string of the molecule is C=C(C)CC(CCC)C(C)(C)C. The van der Waals surface area contributed by atoms with E-state index in [9.17, 15) is 0 Å². The maximum Gasteiger partial charge on any atom is -0.0292 e. The molecule has 0 nitrogen and oxygen atoms in total. The van der Waals surface area contributed by atoms with Crippen LogP contribution < -0.4 is 0 Å². The van der Waals surface area contributed by atoms with E-state index < -0.39 is 0 Å². The Hall–Kier alpha value is -0.260. The van der Waals surface area contributed by atoms with Crippen LogP contribution in [0.5, 0.6) is 0 Å². The fourth-order valence-electron chi connectivity index (χ4n) is 1.61. The van der Waals surface area contributed by atoms with Gasteiger partial charge in [0.05, 0.1) is 0 Å². The molecule has 0 aliphatic carbocycles. The minimum atomic E-state index is 0.439. The highest BCUT2D eigenvalue weighted by Gasteiger charge is 2.23. The van der Waals surface area contributed by atoms with E-state index in [0.717, 1.165) is 5.92 Å². The molecule has 0 aromatic carbocycles. The molecule has 0 N–H and O–H groups in total. The highest BCUT2D eigenvalue weighted by atomic mass is 14.3. The summed E-state index contributed by atoms with van der Waals surface area (Å²) in [6.45, 7) is 15.4. The van der Waals surface area contributed by atoms with Crippen LogP contribution in [0.1, 0.15) is 53.9 Å². The summed E-state index contributed by atoms with van der Waals surface area (Å²) in [5.74, 6) is 0.806. The minimum Gasteiger partial charge on any atom is -0.100 e. The molecule has 1 unspecified atom stereocenters. The molecular weight excluding hydrogens is 144 g/mol. The summed E-state index contributed by atoms with van der Waals surface area (Å²) in [6, 6.07) is 0. The van der Waals surface area contributed by atoms with E-state index in [1.807, 2.05) is 0 Å². The Labute approximate surface area is 78.1 Å². The first-order valence-electron chi connectivity index (χ1n) is 5.02. The number of hydrogen-bond donors (Lipinski definition) is 0. The smallest absolute Gasteiger partial charge is 0.0292 e. The van der Waals surface area contributed by atoms with Gasteiger partial charge in [0, 0.05) is 0 Å². The predicted molar refractivity (Wildman–Crippen MR) is 57.3 cm³/mol. The Morgan fingerprint density at radius 1 is 1.33 bits per heavy atom. The lowest BCUT2D eigenvalue weighted by molar-refractivity contribution is 0.222. The fraction of sp³-hybridized carbons (Fsp3) is 0.833. The van der Waals surface area contributed by atoms with Gasteiger partial charge in [0.25, 0.3) is 0 Å². The van der Waals surface area contributed by atoms with E-state index in [0.29, 0.717) is 5.41 Å². The van der Waals surface area contributed by atoms with Crippen molar-refractivity contribution in [1.82, 2.24) is 0 Å². The molecule has 0 amide bonds. The third-order valence-corrected chi connectivity index (χ3v) is 2.46. The predicted octanol–water partition coefficient (Wildman–Crippen LogP) is 4.42. The molecule has 12 heavy (non-hydrogen) atoms. The molecule has 72 valence electrons. The van der Waals surface area contributed by atoms with Gasteiger partial charge in [-0.15, -0.1) is 6.58 Å². The zero-order chi connectivity index (χ0) is 9.78. The average molecular weight is 168 g/mol. The minimum absolute atomic E-state index is 0.439. The first-order valence-corrected chi connectivity index (χ1v) is 5.02. The molecule has 1 atom stereocenters. The van der Waals surface area contributed by atoms with Crippen LogP contribution >= 0.6 is 0 Å². The summed E-state index contributed by atoms with van der Waals surface area (Å²) >= 11 is 0. The van der Waals surface area contributed by atoms with Gasteiger partial charge in [-0.1, -0.05) is 39.7 Å². The third-order valence-electron chi connectivity index (χ3n) is 2.46. The molecule has 0 aromatic rings. The van der Waals surface area contributed by atoms with Gasteiger partial charge in [-0.05, 0) is 31.1 Å². The summed E-state index contributed by atoms with van der Waals surface area (Å²) in [5.41, 5.74) is 1.76. The Morgan fingerprint density at radius 2 is 1.83 bits per heavy atom. The van der Waals surface area contributed by atoms with Crippen LogP contribution in [0.2, 0.25) is 0 Å². The second kappa shape index (κ2) is 4.69. The zero-order valence-electron chi connectivity index (χ0n) is 9.41. The lowest BCUT2D eigenvalue weighted by Gasteiger charge is -2.30. The molecule has 0 aliphatic rings. The van der Waals surface area contributed by atoms with E-state index in [-0.39, 0.29) is 0 Å². The Balaban J connectivity index is 4.13. The van der Waals surface area contributed by atoms with Gasteiger partial charge < -0.3 is 0 Å². The highest BCUT2D eigenvalue weighted by molar-refractivity contribution is 4.93. The molecule has 0 spiro atoms. The molecule has 0 fully saturated rings. The first-order chi connectivity index (χ1) is 5.38. The maximum absolute atomic E-state index is 3.99. The summed E-state index contributed by atoms with van der Waals surface area (Å²) in [6.07, 6.45) is 3.81. The van der Waals surface area contributed by atoms with Crippen molar-refractivity contribution in [3.63, 3.8) is 0 Å². The Kier molecular flexibility index (Phi) is 4.59. The van der Waals surface area contributed by atoms with Crippen molar-refractivity contribution in [3.8, 4) is 0 Å². The Bertz CT molecular complexity index is 137. The van der Waals surface area contributed by atoms with Crippen molar-refractivity contribution in [1.29, 1.82) is 0 Å². The number of rotatable bonds is 4. The summed E-state index contributed by atoms with van der Waals surface area (Å²) < 4.78 is 0. The average Bonchev–Trinajstić information content (AvgIpc) is 1.83. The van der Waals surface area contributed by atoms with Crippen LogP contribution in [0.15, 0.2) is 12.2 Å². The molecule has 0 aliphatic heterocycles. The first kappa shape index (κ1) is 11.7. The molecule has 0 rings (SSSR count). The van der Waals surface area contributed by atoms with E-state index >= 15 is 0 Å². The topological polar surface area (TPSA) is 0 Å². The molecule has 0 aromatic heterocycles. The largest absolute Gasteiger partial charge is 0.100 e. The van der Waals surface area contributed by atoms with Gasteiger partial charge >= 0.3 is 0 Å². The van der Waals surface area contributed by atoms with Crippen molar-refractivity contribution < 1.29 is 0 Å². The number of hydrogen-bond acceptors (Lipinski definition) is 0. The van der Waals surface area contributed by atoms with Crippen molar-refractivity contribution in [2.24, 2.45) is 11.3 Å². The lowest BCUT2D eigenvalue weighted by Crippen LogP contribution is -2.20. The van der Waals surface area contributed by atoms with Gasteiger partial charge in [-0.2, -0.15) is 0 Å². The van der Waals surface area contributed by atoms with Crippen molar-refractivity contribution >= 4 is 0 Å². The molecule has 0 radical (unpaired) electrons. The van der Waals surface area contributed by atoms with E-state index in [4.69, 9.17) is 0 Å². The normalized spacial score (nSPS) is 14.4. The van der Waals surface area contributed by atoms with Crippen LogP contribution in [0.4, 0.5) is 0 Å². The lowest BCUT2D eigenvalue weighted by atomic mass is 9.75. The second-order valence-electron chi connectivity index (χ2n) is 5.01. The summed E-state index contributed by atoms with van der Waals surface area (Å²) in [7, 11) is 0. The summed E-state index contributed by atoms with van der Waals surface area (Å²) in [4.78, 5) is 0. The second-order valence-corrected chi connectivity index (χ2v) is 5.01. The van der Waals surface area contributed by atoms with E-state index in [1.165, 1.54) is 24.8 Å². The molecule has 0 heterocycles. The van der Waals surface area contributed by atoms with Crippen LogP contribution in [0, 0.1) is 11.3 Å². The zero-order valence-corrected chi connectivity index (χ0v) is 9.41. The molecule has 0 heteroatoms. The van der Waals surface area contributed by atoms with Crippen LogP contribution in [0.3, 0.4) is 0 Å². The van der Waals surface area contributed by atoms with Crippen LogP contribution in [-0.2, 0) is 0 Å². The van der Waals surface area contributed by atoms with Crippen molar-refractivity contribution in [2.75, 3.05) is 0 Å².